The fraction of sp³-hybridized carbons (Fsp3) is 0.316. The second-order valence-corrected chi connectivity index (χ2v) is 5.95. The molecule has 1 aliphatic rings. The Morgan fingerprint density at radius 3 is 2.79 bits per heavy atom. The summed E-state index contributed by atoms with van der Waals surface area (Å²) >= 11 is 0. The number of carbonyl (C=O) groups excluding carboxylic acids is 1. The van der Waals surface area contributed by atoms with Gasteiger partial charge in [0.25, 0.3) is 0 Å². The zero-order valence-electron chi connectivity index (χ0n) is 13.6. The minimum absolute atomic E-state index is 0.0403. The average molecular weight is 321 g/mol. The summed E-state index contributed by atoms with van der Waals surface area (Å²) in [5.74, 6) is -0.661. The van der Waals surface area contributed by atoms with Gasteiger partial charge in [-0.2, -0.15) is 5.26 Å². The molecule has 2 aromatic rings. The summed E-state index contributed by atoms with van der Waals surface area (Å²) in [6, 6.07) is 16.3. The van der Waals surface area contributed by atoms with E-state index in [4.69, 9.17) is 4.74 Å². The van der Waals surface area contributed by atoms with Crippen LogP contribution in [0.1, 0.15) is 27.5 Å². The highest BCUT2D eigenvalue weighted by Gasteiger charge is 2.36. The fourth-order valence-electron chi connectivity index (χ4n) is 3.29. The molecule has 2 atom stereocenters. The number of nitrogens with zero attached hydrogens (tertiary/aromatic N) is 3. The van der Waals surface area contributed by atoms with Crippen molar-refractivity contribution in [1.29, 1.82) is 5.26 Å². The van der Waals surface area contributed by atoms with Crippen LogP contribution in [0.5, 0.6) is 0 Å². The van der Waals surface area contributed by atoms with Crippen molar-refractivity contribution in [1.82, 2.24) is 9.88 Å². The van der Waals surface area contributed by atoms with E-state index in [0.717, 1.165) is 18.7 Å². The standard InChI is InChI=1S/C19H19N3O2/c1-24-19(23)18-16(8-5-9-21-18)17-13-22(12-15(17)10-20)11-14-6-3-2-4-7-14/h2-9,15,17H,11-13H2,1H3. The molecule has 24 heavy (non-hydrogen) atoms. The van der Waals surface area contributed by atoms with Gasteiger partial charge < -0.3 is 4.74 Å². The van der Waals surface area contributed by atoms with Gasteiger partial charge in [-0.1, -0.05) is 36.4 Å². The second-order valence-electron chi connectivity index (χ2n) is 5.95. The van der Waals surface area contributed by atoms with Gasteiger partial charge in [-0.15, -0.1) is 0 Å². The number of carbonyl (C=O) groups is 1. The van der Waals surface area contributed by atoms with Crippen LogP contribution in [0.25, 0.3) is 0 Å². The van der Waals surface area contributed by atoms with Crippen molar-refractivity contribution in [3.63, 3.8) is 0 Å². The number of rotatable bonds is 4. The van der Waals surface area contributed by atoms with Crippen molar-refractivity contribution in [3.8, 4) is 6.07 Å². The quantitative estimate of drug-likeness (QED) is 0.810. The SMILES string of the molecule is COC(=O)c1ncccc1C1CN(Cc2ccccc2)CC1C#N. The molecule has 0 aliphatic carbocycles. The summed E-state index contributed by atoms with van der Waals surface area (Å²) in [6.45, 7) is 2.21. The number of aromatic nitrogens is 1. The highest BCUT2D eigenvalue weighted by Crippen LogP contribution is 2.34. The molecule has 1 saturated heterocycles. The maximum atomic E-state index is 12.0. The molecule has 1 aromatic heterocycles. The zero-order chi connectivity index (χ0) is 16.9. The van der Waals surface area contributed by atoms with Crippen molar-refractivity contribution < 1.29 is 9.53 Å². The Morgan fingerprint density at radius 2 is 2.08 bits per heavy atom. The minimum Gasteiger partial charge on any atom is -0.464 e. The van der Waals surface area contributed by atoms with E-state index >= 15 is 0 Å². The Hall–Kier alpha value is -2.71. The molecule has 2 heterocycles. The first kappa shape index (κ1) is 16.2. The van der Waals surface area contributed by atoms with Crippen LogP contribution in [0.4, 0.5) is 0 Å². The van der Waals surface area contributed by atoms with Crippen LogP contribution in [-0.4, -0.2) is 36.1 Å². The molecule has 0 bridgehead atoms. The average Bonchev–Trinajstić information content (AvgIpc) is 3.04. The first-order chi connectivity index (χ1) is 11.7. The van der Waals surface area contributed by atoms with Crippen molar-refractivity contribution in [2.75, 3.05) is 20.2 Å². The number of pyridine rings is 1. The first-order valence-electron chi connectivity index (χ1n) is 7.92. The number of hydrogen-bond donors (Lipinski definition) is 0. The number of ether oxygens (including phenoxy) is 1. The third-order valence-electron chi connectivity index (χ3n) is 4.43. The summed E-state index contributed by atoms with van der Waals surface area (Å²) in [4.78, 5) is 18.4. The number of hydrogen-bond acceptors (Lipinski definition) is 5. The molecule has 0 N–H and O–H groups in total. The minimum atomic E-state index is -0.455. The van der Waals surface area contributed by atoms with Crippen molar-refractivity contribution in [2.24, 2.45) is 5.92 Å². The molecule has 3 rings (SSSR count). The van der Waals surface area contributed by atoms with Gasteiger partial charge in [0.1, 0.15) is 0 Å². The largest absolute Gasteiger partial charge is 0.464 e. The van der Waals surface area contributed by atoms with Crippen LogP contribution in [0.2, 0.25) is 0 Å². The van der Waals surface area contributed by atoms with Gasteiger partial charge in [-0.05, 0) is 17.2 Å². The van der Waals surface area contributed by atoms with Gasteiger partial charge in [-0.3, -0.25) is 4.90 Å². The molecule has 1 fully saturated rings. The smallest absolute Gasteiger partial charge is 0.356 e. The lowest BCUT2D eigenvalue weighted by atomic mass is 9.89. The molecule has 1 aliphatic heterocycles. The van der Waals surface area contributed by atoms with Gasteiger partial charge >= 0.3 is 5.97 Å². The lowest BCUT2D eigenvalue weighted by Crippen LogP contribution is -2.20. The third kappa shape index (κ3) is 3.29. The number of likely N-dealkylation sites (tertiary alicyclic amines) is 1. The van der Waals surface area contributed by atoms with E-state index in [-0.39, 0.29) is 11.8 Å². The lowest BCUT2D eigenvalue weighted by molar-refractivity contribution is 0.0592. The Balaban J connectivity index is 1.84. The normalized spacial score (nSPS) is 20.5. The summed E-state index contributed by atoms with van der Waals surface area (Å²) in [6.07, 6.45) is 1.58. The highest BCUT2D eigenvalue weighted by atomic mass is 16.5. The van der Waals surface area contributed by atoms with Crippen molar-refractivity contribution in [2.45, 2.75) is 12.5 Å². The summed E-state index contributed by atoms with van der Waals surface area (Å²) < 4.78 is 4.83. The number of esters is 1. The summed E-state index contributed by atoms with van der Waals surface area (Å²) in [5.41, 5.74) is 2.33. The van der Waals surface area contributed by atoms with Gasteiger partial charge in [0, 0.05) is 31.7 Å². The third-order valence-corrected chi connectivity index (χ3v) is 4.43. The van der Waals surface area contributed by atoms with E-state index in [9.17, 15) is 10.1 Å². The Labute approximate surface area is 141 Å². The monoisotopic (exact) mass is 321 g/mol. The Kier molecular flexibility index (Phi) is 4.88. The first-order valence-corrected chi connectivity index (χ1v) is 7.92. The van der Waals surface area contributed by atoms with E-state index in [1.165, 1.54) is 12.7 Å². The van der Waals surface area contributed by atoms with E-state index in [2.05, 4.69) is 28.1 Å². The van der Waals surface area contributed by atoms with Crippen LogP contribution in [0, 0.1) is 17.2 Å². The fourth-order valence-corrected chi connectivity index (χ4v) is 3.29. The highest BCUT2D eigenvalue weighted by molar-refractivity contribution is 5.89. The second kappa shape index (κ2) is 7.24. The molecule has 0 spiro atoms. The van der Waals surface area contributed by atoms with Gasteiger partial charge in [0.2, 0.25) is 0 Å². The summed E-state index contributed by atoms with van der Waals surface area (Å²) in [7, 11) is 1.35. The number of methoxy groups -OCH3 is 1. The molecule has 0 radical (unpaired) electrons. The van der Waals surface area contributed by atoms with E-state index in [0.29, 0.717) is 12.2 Å². The summed E-state index contributed by atoms with van der Waals surface area (Å²) in [5, 5.41) is 9.56. The predicted molar refractivity (Wildman–Crippen MR) is 89.1 cm³/mol. The molecule has 5 heteroatoms. The van der Waals surface area contributed by atoms with Crippen molar-refractivity contribution in [3.05, 3.63) is 65.5 Å². The van der Waals surface area contributed by atoms with Gasteiger partial charge in [-0.25, -0.2) is 9.78 Å². The lowest BCUT2D eigenvalue weighted by Gasteiger charge is -2.17. The molecule has 5 nitrogen and oxygen atoms in total. The van der Waals surface area contributed by atoms with Gasteiger partial charge in [0.15, 0.2) is 5.69 Å². The number of benzene rings is 1. The number of nitriles is 1. The van der Waals surface area contributed by atoms with Crippen LogP contribution in [0.15, 0.2) is 48.7 Å². The molecule has 0 saturated carbocycles. The zero-order valence-corrected chi connectivity index (χ0v) is 13.6. The molecule has 0 amide bonds. The van der Waals surface area contributed by atoms with Crippen LogP contribution < -0.4 is 0 Å². The maximum absolute atomic E-state index is 12.0. The van der Waals surface area contributed by atoms with Crippen LogP contribution in [-0.2, 0) is 11.3 Å². The van der Waals surface area contributed by atoms with Crippen LogP contribution in [0.3, 0.4) is 0 Å². The van der Waals surface area contributed by atoms with E-state index in [1.807, 2.05) is 24.3 Å². The maximum Gasteiger partial charge on any atom is 0.356 e. The molecular formula is C19H19N3O2. The molecule has 1 aromatic carbocycles. The Bertz CT molecular complexity index is 755. The topological polar surface area (TPSA) is 66.2 Å². The van der Waals surface area contributed by atoms with E-state index < -0.39 is 5.97 Å². The molecule has 2 unspecified atom stereocenters. The van der Waals surface area contributed by atoms with E-state index in [1.54, 1.807) is 12.3 Å². The predicted octanol–water partition coefficient (Wildman–Crippen LogP) is 2.61. The van der Waals surface area contributed by atoms with Crippen molar-refractivity contribution >= 4 is 5.97 Å². The molecule has 122 valence electrons. The van der Waals surface area contributed by atoms with Crippen LogP contribution >= 0.6 is 0 Å². The Morgan fingerprint density at radius 1 is 1.29 bits per heavy atom. The molecular weight excluding hydrogens is 302 g/mol. The van der Waals surface area contributed by atoms with Gasteiger partial charge in [0.05, 0.1) is 19.1 Å².